The summed E-state index contributed by atoms with van der Waals surface area (Å²) in [6, 6.07) is 13.3. The predicted octanol–water partition coefficient (Wildman–Crippen LogP) is 4.33. The maximum atomic E-state index is 13.1. The van der Waals surface area contributed by atoms with Gasteiger partial charge in [0, 0.05) is 18.7 Å². The third-order valence-electron chi connectivity index (χ3n) is 5.38. The number of methoxy groups -OCH3 is 1. The fourth-order valence-electron chi connectivity index (χ4n) is 3.85. The second kappa shape index (κ2) is 11.0. The van der Waals surface area contributed by atoms with Crippen LogP contribution in [-0.4, -0.2) is 54.7 Å². The number of likely N-dealkylation sites (tertiary alicyclic amines) is 1. The van der Waals surface area contributed by atoms with E-state index in [0.717, 1.165) is 0 Å². The number of hydrogen-bond donors (Lipinski definition) is 1. The Balaban J connectivity index is 2.03. The molecule has 1 amide bonds. The number of carbonyl (C=O) groups is 2. The van der Waals surface area contributed by atoms with Gasteiger partial charge in [-0.1, -0.05) is 24.3 Å². The highest BCUT2D eigenvalue weighted by Crippen LogP contribution is 2.40. The number of hydrogen-bond acceptors (Lipinski definition) is 6. The highest BCUT2D eigenvalue weighted by molar-refractivity contribution is 6.46. The van der Waals surface area contributed by atoms with E-state index in [9.17, 15) is 14.7 Å². The fraction of sp³-hybridized carbons (Fsp3) is 0.385. The van der Waals surface area contributed by atoms with Gasteiger partial charge in [0.2, 0.25) is 0 Å². The average molecular weight is 454 g/mol. The van der Waals surface area contributed by atoms with Crippen LogP contribution in [-0.2, 0) is 14.3 Å². The van der Waals surface area contributed by atoms with Crippen LogP contribution in [0.3, 0.4) is 0 Å². The third-order valence-corrected chi connectivity index (χ3v) is 5.38. The summed E-state index contributed by atoms with van der Waals surface area (Å²) in [7, 11) is 1.53. The first-order chi connectivity index (χ1) is 15.9. The molecule has 1 atom stereocenters. The lowest BCUT2D eigenvalue weighted by Gasteiger charge is -2.25. The first-order valence-corrected chi connectivity index (χ1v) is 11.1. The highest BCUT2D eigenvalue weighted by atomic mass is 16.5. The van der Waals surface area contributed by atoms with E-state index < -0.39 is 17.7 Å². The summed E-state index contributed by atoms with van der Waals surface area (Å²) in [6.07, 6.45) is 0.646. The van der Waals surface area contributed by atoms with E-state index in [0.29, 0.717) is 48.8 Å². The topological polar surface area (TPSA) is 85.3 Å². The largest absolute Gasteiger partial charge is 0.507 e. The molecule has 7 heteroatoms. The van der Waals surface area contributed by atoms with Gasteiger partial charge in [-0.3, -0.25) is 9.59 Å². The second-order valence-electron chi connectivity index (χ2n) is 8.00. The van der Waals surface area contributed by atoms with Crippen molar-refractivity contribution < 1.29 is 28.9 Å². The van der Waals surface area contributed by atoms with Gasteiger partial charge in [-0.2, -0.15) is 0 Å². The Morgan fingerprint density at radius 1 is 1.09 bits per heavy atom. The van der Waals surface area contributed by atoms with Crippen molar-refractivity contribution in [1.29, 1.82) is 0 Å². The summed E-state index contributed by atoms with van der Waals surface area (Å²) in [5.74, 6) is -0.345. The van der Waals surface area contributed by atoms with Crippen molar-refractivity contribution in [1.82, 2.24) is 4.90 Å². The van der Waals surface area contributed by atoms with Gasteiger partial charge in [0.25, 0.3) is 11.7 Å². The number of rotatable bonds is 10. The maximum absolute atomic E-state index is 13.1. The normalized spacial score (nSPS) is 17.6. The lowest BCUT2D eigenvalue weighted by atomic mass is 9.95. The van der Waals surface area contributed by atoms with Crippen molar-refractivity contribution in [2.75, 3.05) is 26.9 Å². The average Bonchev–Trinajstić information content (AvgIpc) is 3.07. The molecule has 0 radical (unpaired) electrons. The molecule has 0 saturated carbocycles. The fourth-order valence-corrected chi connectivity index (χ4v) is 3.85. The molecule has 33 heavy (non-hydrogen) atoms. The van der Waals surface area contributed by atoms with Gasteiger partial charge in [0.1, 0.15) is 17.3 Å². The van der Waals surface area contributed by atoms with Crippen molar-refractivity contribution in [3.05, 3.63) is 65.2 Å². The number of benzene rings is 2. The zero-order chi connectivity index (χ0) is 24.0. The van der Waals surface area contributed by atoms with Crippen molar-refractivity contribution in [2.45, 2.75) is 39.3 Å². The molecule has 1 aliphatic rings. The first-order valence-electron chi connectivity index (χ1n) is 11.1. The molecule has 0 aromatic heterocycles. The third kappa shape index (κ3) is 5.54. The maximum Gasteiger partial charge on any atom is 0.295 e. The van der Waals surface area contributed by atoms with Crippen molar-refractivity contribution >= 4 is 17.4 Å². The van der Waals surface area contributed by atoms with Crippen LogP contribution in [0, 0.1) is 0 Å². The number of carbonyl (C=O) groups excluding carboxylic acids is 2. The molecule has 0 aliphatic carbocycles. The smallest absolute Gasteiger partial charge is 0.295 e. The van der Waals surface area contributed by atoms with E-state index in [2.05, 4.69) is 0 Å². The van der Waals surface area contributed by atoms with Gasteiger partial charge in [-0.15, -0.1) is 0 Å². The van der Waals surface area contributed by atoms with Crippen molar-refractivity contribution in [3.63, 3.8) is 0 Å². The van der Waals surface area contributed by atoms with Crippen molar-refractivity contribution in [2.24, 2.45) is 0 Å². The molecular formula is C26H31NO6. The van der Waals surface area contributed by atoms with Gasteiger partial charge in [-0.25, -0.2) is 0 Å². The lowest BCUT2D eigenvalue weighted by Crippen LogP contribution is -2.31. The van der Waals surface area contributed by atoms with Crippen molar-refractivity contribution in [3.8, 4) is 11.5 Å². The molecule has 1 N–H and O–H groups in total. The lowest BCUT2D eigenvalue weighted by molar-refractivity contribution is -0.140. The Morgan fingerprint density at radius 2 is 1.82 bits per heavy atom. The molecule has 1 unspecified atom stereocenters. The minimum atomic E-state index is -0.717. The van der Waals surface area contributed by atoms with E-state index in [4.69, 9.17) is 14.2 Å². The van der Waals surface area contributed by atoms with E-state index in [1.807, 2.05) is 32.9 Å². The molecule has 1 fully saturated rings. The highest BCUT2D eigenvalue weighted by Gasteiger charge is 2.45. The van der Waals surface area contributed by atoms with Gasteiger partial charge in [0.05, 0.1) is 31.4 Å². The minimum absolute atomic E-state index is 0.0576. The molecule has 2 aromatic rings. The first kappa shape index (κ1) is 24.3. The monoisotopic (exact) mass is 453 g/mol. The molecule has 0 bridgehead atoms. The van der Waals surface area contributed by atoms with Crippen LogP contribution >= 0.6 is 0 Å². The summed E-state index contributed by atoms with van der Waals surface area (Å²) in [5, 5.41) is 11.1. The van der Waals surface area contributed by atoms with Crippen LogP contribution in [0.5, 0.6) is 11.5 Å². The summed E-state index contributed by atoms with van der Waals surface area (Å²) >= 11 is 0. The molecule has 1 aliphatic heterocycles. The Hall–Kier alpha value is -3.32. The molecule has 176 valence electrons. The van der Waals surface area contributed by atoms with E-state index >= 15 is 0 Å². The quantitative estimate of drug-likeness (QED) is 0.249. The van der Waals surface area contributed by atoms with Gasteiger partial charge < -0.3 is 24.2 Å². The molecule has 1 saturated heterocycles. The summed E-state index contributed by atoms with van der Waals surface area (Å²) in [6.45, 7) is 7.11. The SMILES string of the molecule is CCOc1ccc(C2/C(=C(\O)c3cccc(OC)c3)C(=O)C(=O)N2CCCOC(C)C)cc1. The Labute approximate surface area is 194 Å². The van der Waals surface area contributed by atoms with Gasteiger partial charge in [-0.05, 0) is 57.0 Å². The second-order valence-corrected chi connectivity index (χ2v) is 8.00. The molecular weight excluding hydrogens is 422 g/mol. The van der Waals surface area contributed by atoms with Gasteiger partial charge >= 0.3 is 0 Å². The number of ketones is 1. The molecule has 7 nitrogen and oxygen atoms in total. The van der Waals surface area contributed by atoms with Crippen LogP contribution in [0.25, 0.3) is 5.76 Å². The van der Waals surface area contributed by atoms with E-state index in [-0.39, 0.29) is 17.4 Å². The zero-order valence-corrected chi connectivity index (χ0v) is 19.5. The summed E-state index contributed by atoms with van der Waals surface area (Å²) < 4.78 is 16.4. The number of aliphatic hydroxyl groups is 1. The van der Waals surface area contributed by atoms with Crippen LogP contribution in [0.2, 0.25) is 0 Å². The number of aliphatic hydroxyl groups excluding tert-OH is 1. The molecule has 2 aromatic carbocycles. The number of ether oxygens (including phenoxy) is 3. The number of Topliss-reactive ketones (excluding diaryl/α,β-unsaturated/α-hetero) is 1. The van der Waals surface area contributed by atoms with E-state index in [1.165, 1.54) is 12.0 Å². The van der Waals surface area contributed by atoms with Crippen LogP contribution in [0.1, 0.15) is 44.4 Å². The number of amides is 1. The van der Waals surface area contributed by atoms with Crippen LogP contribution in [0.15, 0.2) is 54.1 Å². The van der Waals surface area contributed by atoms with Crippen LogP contribution < -0.4 is 9.47 Å². The standard InChI is InChI=1S/C26H31NO6/c1-5-32-20-12-10-18(11-13-20)23-22(24(28)19-8-6-9-21(16-19)31-4)25(29)26(30)27(23)14-7-15-33-17(2)3/h6,8-13,16-17,23,28H,5,7,14-15H2,1-4H3/b24-22+. The zero-order valence-electron chi connectivity index (χ0n) is 19.5. The molecule has 1 heterocycles. The Morgan fingerprint density at radius 3 is 2.45 bits per heavy atom. The minimum Gasteiger partial charge on any atom is -0.507 e. The predicted molar refractivity (Wildman–Crippen MR) is 125 cm³/mol. The van der Waals surface area contributed by atoms with E-state index in [1.54, 1.807) is 36.4 Å². The summed E-state index contributed by atoms with van der Waals surface area (Å²) in [4.78, 5) is 27.6. The Bertz CT molecular complexity index is 1010. The van der Waals surface area contributed by atoms with Gasteiger partial charge in [0.15, 0.2) is 0 Å². The summed E-state index contributed by atoms with van der Waals surface area (Å²) in [5.41, 5.74) is 1.18. The molecule has 3 rings (SSSR count). The van der Waals surface area contributed by atoms with Crippen LogP contribution in [0.4, 0.5) is 0 Å². The Kier molecular flexibility index (Phi) is 8.11. The molecule has 0 spiro atoms. The number of nitrogens with zero attached hydrogens (tertiary/aromatic N) is 1.